The molecule has 0 bridgehead atoms. The number of furan rings is 1. The number of aromatic nitrogens is 1. The summed E-state index contributed by atoms with van der Waals surface area (Å²) in [6.07, 6.45) is 3.02. The number of hydrogen-bond donors (Lipinski definition) is 1. The maximum atomic E-state index is 14.0. The Balaban J connectivity index is 2.22. The van der Waals surface area contributed by atoms with Crippen LogP contribution >= 0.6 is 0 Å². The minimum Gasteiger partial charge on any atom is -0.478 e. The maximum Gasteiger partial charge on any atom is 0.335 e. The van der Waals surface area contributed by atoms with E-state index in [0.717, 1.165) is 6.07 Å². The number of fused-ring (bicyclic) bond motifs is 1. The number of hydrogen-bond acceptors (Lipinski definition) is 3. The van der Waals surface area contributed by atoms with E-state index in [2.05, 4.69) is 4.98 Å². The topological polar surface area (TPSA) is 63.3 Å². The number of halogens is 1. The van der Waals surface area contributed by atoms with Crippen LogP contribution in [0.4, 0.5) is 4.39 Å². The minimum atomic E-state index is -1.17. The third-order valence-corrected chi connectivity index (χ3v) is 2.85. The van der Waals surface area contributed by atoms with Crippen molar-refractivity contribution in [1.29, 1.82) is 0 Å². The second-order valence-electron chi connectivity index (χ2n) is 3.99. The first-order valence-electron chi connectivity index (χ1n) is 5.52. The number of carboxylic acid groups (broad SMARTS) is 1. The molecule has 3 rings (SSSR count). The Bertz CT molecular complexity index is 779. The monoisotopic (exact) mass is 257 g/mol. The zero-order chi connectivity index (χ0) is 13.4. The van der Waals surface area contributed by atoms with Crippen molar-refractivity contribution in [1.82, 2.24) is 4.98 Å². The van der Waals surface area contributed by atoms with Crippen molar-refractivity contribution >= 4 is 16.9 Å². The largest absolute Gasteiger partial charge is 0.478 e. The van der Waals surface area contributed by atoms with Crippen LogP contribution in [-0.4, -0.2) is 16.1 Å². The summed E-state index contributed by atoms with van der Waals surface area (Å²) < 4.78 is 19.2. The van der Waals surface area contributed by atoms with Crippen LogP contribution in [0.2, 0.25) is 0 Å². The van der Waals surface area contributed by atoms with Crippen LogP contribution in [0.1, 0.15) is 10.4 Å². The van der Waals surface area contributed by atoms with Gasteiger partial charge in [0.15, 0.2) is 0 Å². The van der Waals surface area contributed by atoms with Gasteiger partial charge >= 0.3 is 5.97 Å². The van der Waals surface area contributed by atoms with E-state index in [4.69, 9.17) is 9.52 Å². The molecule has 94 valence electrons. The number of carboxylic acids is 1. The number of nitrogens with zero attached hydrogens (tertiary/aromatic N) is 1. The van der Waals surface area contributed by atoms with Gasteiger partial charge < -0.3 is 9.52 Å². The van der Waals surface area contributed by atoms with E-state index in [-0.39, 0.29) is 11.1 Å². The van der Waals surface area contributed by atoms with Gasteiger partial charge in [0, 0.05) is 17.1 Å². The van der Waals surface area contributed by atoms with E-state index in [0.29, 0.717) is 16.7 Å². The lowest BCUT2D eigenvalue weighted by Crippen LogP contribution is -1.98. The molecule has 0 atom stereocenters. The van der Waals surface area contributed by atoms with Crippen molar-refractivity contribution in [3.8, 4) is 11.3 Å². The summed E-state index contributed by atoms with van der Waals surface area (Å²) in [4.78, 5) is 14.9. The fraction of sp³-hybridized carbons (Fsp3) is 0. The summed E-state index contributed by atoms with van der Waals surface area (Å²) in [5.41, 5.74) is 1.19. The van der Waals surface area contributed by atoms with Crippen LogP contribution in [0.25, 0.3) is 22.2 Å². The lowest BCUT2D eigenvalue weighted by molar-refractivity contribution is 0.0696. The van der Waals surface area contributed by atoms with Gasteiger partial charge in [-0.2, -0.15) is 0 Å². The molecule has 0 saturated carbocycles. The van der Waals surface area contributed by atoms with E-state index in [1.807, 2.05) is 0 Å². The van der Waals surface area contributed by atoms with Crippen molar-refractivity contribution < 1.29 is 18.7 Å². The average molecular weight is 257 g/mol. The normalized spacial score (nSPS) is 10.8. The van der Waals surface area contributed by atoms with E-state index in [9.17, 15) is 9.18 Å². The summed E-state index contributed by atoms with van der Waals surface area (Å²) in [5, 5.41) is 9.50. The molecular formula is C14H8FNO3. The molecule has 0 aliphatic carbocycles. The van der Waals surface area contributed by atoms with Gasteiger partial charge in [-0.05, 0) is 30.3 Å². The first kappa shape index (κ1) is 11.4. The fourth-order valence-electron chi connectivity index (χ4n) is 1.95. The second-order valence-corrected chi connectivity index (χ2v) is 3.99. The van der Waals surface area contributed by atoms with E-state index in [1.54, 1.807) is 12.1 Å². The Morgan fingerprint density at radius 1 is 1.26 bits per heavy atom. The van der Waals surface area contributed by atoms with Crippen molar-refractivity contribution in [3.05, 3.63) is 54.2 Å². The second kappa shape index (κ2) is 4.20. The van der Waals surface area contributed by atoms with Gasteiger partial charge in [0.05, 0.1) is 17.5 Å². The van der Waals surface area contributed by atoms with Crippen LogP contribution in [0, 0.1) is 5.82 Å². The van der Waals surface area contributed by atoms with Crippen LogP contribution in [0.15, 0.2) is 47.2 Å². The predicted molar refractivity (Wildman–Crippen MR) is 66.4 cm³/mol. The molecule has 2 heterocycles. The molecule has 1 N–H and O–H groups in total. The third-order valence-electron chi connectivity index (χ3n) is 2.85. The highest BCUT2D eigenvalue weighted by atomic mass is 19.1. The smallest absolute Gasteiger partial charge is 0.335 e. The molecule has 0 unspecified atom stereocenters. The number of rotatable bonds is 2. The Labute approximate surface area is 107 Å². The molecule has 5 heteroatoms. The fourth-order valence-corrected chi connectivity index (χ4v) is 1.95. The summed E-state index contributed by atoms with van der Waals surface area (Å²) in [7, 11) is 0. The SMILES string of the molecule is O=C(O)c1ccc(-c2nccc3occc23)c(F)c1. The lowest BCUT2D eigenvalue weighted by atomic mass is 10.1. The van der Waals surface area contributed by atoms with Gasteiger partial charge in [-0.3, -0.25) is 4.98 Å². The Morgan fingerprint density at radius 3 is 2.84 bits per heavy atom. The molecule has 0 spiro atoms. The van der Waals surface area contributed by atoms with E-state index in [1.165, 1.54) is 24.6 Å². The molecule has 4 nitrogen and oxygen atoms in total. The van der Waals surface area contributed by atoms with Crippen LogP contribution in [0.5, 0.6) is 0 Å². The van der Waals surface area contributed by atoms with Crippen molar-refractivity contribution in [3.63, 3.8) is 0 Å². The highest BCUT2D eigenvalue weighted by Crippen LogP contribution is 2.29. The summed E-state index contributed by atoms with van der Waals surface area (Å²) in [6.45, 7) is 0. The van der Waals surface area contributed by atoms with Gasteiger partial charge in [-0.1, -0.05) is 0 Å². The average Bonchev–Trinajstić information content (AvgIpc) is 2.86. The van der Waals surface area contributed by atoms with Gasteiger partial charge in [-0.15, -0.1) is 0 Å². The first-order valence-corrected chi connectivity index (χ1v) is 5.52. The Morgan fingerprint density at radius 2 is 2.11 bits per heavy atom. The number of aromatic carboxylic acids is 1. The van der Waals surface area contributed by atoms with Gasteiger partial charge in [0.2, 0.25) is 0 Å². The predicted octanol–water partition coefficient (Wildman–Crippen LogP) is 3.33. The van der Waals surface area contributed by atoms with Gasteiger partial charge in [0.25, 0.3) is 0 Å². The molecule has 0 saturated heterocycles. The molecular weight excluding hydrogens is 249 g/mol. The standard InChI is InChI=1S/C14H8FNO3/c15-11-7-8(14(17)18)1-2-9(11)13-10-4-6-19-12(10)3-5-16-13/h1-7H,(H,17,18). The van der Waals surface area contributed by atoms with Gasteiger partial charge in [-0.25, -0.2) is 9.18 Å². The van der Waals surface area contributed by atoms with E-state index < -0.39 is 11.8 Å². The minimum absolute atomic E-state index is 0.0966. The molecule has 1 aromatic carbocycles. The zero-order valence-corrected chi connectivity index (χ0v) is 9.63. The molecule has 19 heavy (non-hydrogen) atoms. The molecule has 0 amide bonds. The highest BCUT2D eigenvalue weighted by Gasteiger charge is 2.14. The molecule has 0 aliphatic heterocycles. The van der Waals surface area contributed by atoms with Crippen LogP contribution in [-0.2, 0) is 0 Å². The van der Waals surface area contributed by atoms with Crippen molar-refractivity contribution in [2.75, 3.05) is 0 Å². The number of benzene rings is 1. The van der Waals surface area contributed by atoms with Crippen LogP contribution in [0.3, 0.4) is 0 Å². The Kier molecular flexibility index (Phi) is 2.52. The summed E-state index contributed by atoms with van der Waals surface area (Å²) in [5.74, 6) is -1.79. The molecule has 0 aliphatic rings. The molecule has 2 aromatic heterocycles. The third kappa shape index (κ3) is 1.85. The quantitative estimate of drug-likeness (QED) is 0.764. The van der Waals surface area contributed by atoms with E-state index >= 15 is 0 Å². The first-order chi connectivity index (χ1) is 9.16. The zero-order valence-electron chi connectivity index (χ0n) is 9.63. The molecule has 0 fully saturated rings. The Hall–Kier alpha value is -2.69. The molecule has 3 aromatic rings. The number of pyridine rings is 1. The van der Waals surface area contributed by atoms with Crippen molar-refractivity contribution in [2.24, 2.45) is 0 Å². The maximum absolute atomic E-state index is 14.0. The van der Waals surface area contributed by atoms with Crippen molar-refractivity contribution in [2.45, 2.75) is 0 Å². The van der Waals surface area contributed by atoms with Crippen LogP contribution < -0.4 is 0 Å². The lowest BCUT2D eigenvalue weighted by Gasteiger charge is -2.04. The molecule has 0 radical (unpaired) electrons. The van der Waals surface area contributed by atoms with Gasteiger partial charge in [0.1, 0.15) is 11.4 Å². The highest BCUT2D eigenvalue weighted by molar-refractivity contribution is 5.93. The summed E-state index contributed by atoms with van der Waals surface area (Å²) in [6, 6.07) is 7.12. The summed E-state index contributed by atoms with van der Waals surface area (Å²) >= 11 is 0. The number of carbonyl (C=O) groups is 1.